The molecule has 2 aromatic carbocycles. The summed E-state index contributed by atoms with van der Waals surface area (Å²) >= 11 is 0. The first-order chi connectivity index (χ1) is 53.2. The van der Waals surface area contributed by atoms with Crippen molar-refractivity contribution in [3.05, 3.63) is 54.6 Å². The second-order valence-electron chi connectivity index (χ2n) is 31.1. The van der Waals surface area contributed by atoms with Gasteiger partial charge in [0.25, 0.3) is 0 Å². The lowest BCUT2D eigenvalue weighted by atomic mass is 9.91. The molecule has 662 valence electrons. The maximum Gasteiger partial charge on any atom is 0.311 e. The summed E-state index contributed by atoms with van der Waals surface area (Å²) in [5.41, 5.74) is -1.09. The van der Waals surface area contributed by atoms with Crippen LogP contribution in [0.15, 0.2) is 59.5 Å². The van der Waals surface area contributed by atoms with Crippen LogP contribution in [0.5, 0.6) is 0 Å². The molecular weight excluding hydrogens is 1510 g/mol. The summed E-state index contributed by atoms with van der Waals surface area (Å²) in [5.74, 6) is -3.39. The van der Waals surface area contributed by atoms with Gasteiger partial charge in [0.15, 0.2) is 0 Å². The molecule has 6 atom stereocenters. The van der Waals surface area contributed by atoms with Crippen LogP contribution in [-0.2, 0) is 124 Å². The van der Waals surface area contributed by atoms with Crippen LogP contribution < -0.4 is 20.3 Å². The SMILES string of the molecule is CC1C(=O)N(c2ccc(S(N)(=O)=O)cc2)C(=O)C1C.CC1C(=O)N(c2ccccc2)C(=O)C1C.CC1C(=O)NC(=O)C1C.CCC(C)(C)C(=O)OC.CCC(C)(C)C(=O)OC.CCC(C)(C)C(=O)OC.CCC(C)(C)C(=O)OCCOCCOC.CCC(C)(C)C(=O)OCCOCCOC.CCC(C)(C)C(=O)OCCOCCOC. The number of hydrogen-bond donors (Lipinski definition) is 2. The Morgan fingerprint density at radius 3 is 0.739 bits per heavy atom. The van der Waals surface area contributed by atoms with Gasteiger partial charge in [-0.05, 0) is 158 Å². The molecule has 0 saturated carbocycles. The van der Waals surface area contributed by atoms with Gasteiger partial charge in [0.05, 0.1) is 130 Å². The topological polar surface area (TPSA) is 394 Å². The van der Waals surface area contributed by atoms with Crippen molar-refractivity contribution in [1.82, 2.24) is 5.32 Å². The van der Waals surface area contributed by atoms with Gasteiger partial charge in [0.2, 0.25) is 45.5 Å². The Bertz CT molecular complexity index is 3140. The third-order valence-corrected chi connectivity index (χ3v) is 21.0. The number of amides is 6. The Balaban J connectivity index is -0.000000610. The lowest BCUT2D eigenvalue weighted by molar-refractivity contribution is -0.156. The molecule has 5 rings (SSSR count). The summed E-state index contributed by atoms with van der Waals surface area (Å²) in [6.45, 7) is 50.3. The van der Waals surface area contributed by atoms with Crippen molar-refractivity contribution in [3.63, 3.8) is 0 Å². The first kappa shape index (κ1) is 114. The van der Waals surface area contributed by atoms with Crippen molar-refractivity contribution < 1.29 is 123 Å². The molecule has 115 heavy (non-hydrogen) atoms. The highest BCUT2D eigenvalue weighted by atomic mass is 32.2. The highest BCUT2D eigenvalue weighted by molar-refractivity contribution is 7.89. The van der Waals surface area contributed by atoms with Gasteiger partial charge in [-0.25, -0.2) is 13.6 Å². The van der Waals surface area contributed by atoms with E-state index in [-0.39, 0.29) is 128 Å². The zero-order valence-corrected chi connectivity index (χ0v) is 75.7. The second-order valence-corrected chi connectivity index (χ2v) is 32.7. The van der Waals surface area contributed by atoms with Crippen molar-refractivity contribution in [2.75, 3.05) is 132 Å². The van der Waals surface area contributed by atoms with Crippen LogP contribution in [0.25, 0.3) is 0 Å². The summed E-state index contributed by atoms with van der Waals surface area (Å²) < 4.78 is 81.1. The molecule has 3 aliphatic rings. The molecule has 0 aliphatic carbocycles. The number of ether oxygens (including phenoxy) is 12. The molecule has 6 unspecified atom stereocenters. The minimum absolute atomic E-state index is 0.0589. The number of para-hydroxylation sites is 1. The number of carbonyl (C=O) groups excluding carboxylic acids is 12. The van der Waals surface area contributed by atoms with E-state index < -0.39 is 26.3 Å². The molecule has 31 heteroatoms. The van der Waals surface area contributed by atoms with Gasteiger partial charge in [0.1, 0.15) is 19.8 Å². The van der Waals surface area contributed by atoms with Crippen LogP contribution in [0.2, 0.25) is 0 Å². The number of anilines is 2. The van der Waals surface area contributed by atoms with Crippen LogP contribution in [0, 0.1) is 68.0 Å². The molecule has 0 aromatic heterocycles. The molecule has 0 bridgehead atoms. The molecule has 2 aromatic rings. The summed E-state index contributed by atoms with van der Waals surface area (Å²) in [5, 5.41) is 7.22. The van der Waals surface area contributed by atoms with Gasteiger partial charge < -0.3 is 56.8 Å². The highest BCUT2D eigenvalue weighted by Gasteiger charge is 2.44. The Hall–Kier alpha value is -7.65. The number of esters is 6. The fourth-order valence-electron chi connectivity index (χ4n) is 8.16. The first-order valence-corrected chi connectivity index (χ1v) is 40.5. The highest BCUT2D eigenvalue weighted by Crippen LogP contribution is 2.33. The molecule has 6 amide bonds. The average molecular weight is 1660 g/mol. The number of methoxy groups -OCH3 is 6. The fraction of sp³-hybridized carbons (Fsp3) is 0.714. The molecule has 30 nitrogen and oxygen atoms in total. The number of hydrogen-bond acceptors (Lipinski definition) is 26. The number of nitrogens with zero attached hydrogens (tertiary/aromatic N) is 2. The zero-order chi connectivity index (χ0) is 90.1. The van der Waals surface area contributed by atoms with Crippen LogP contribution >= 0.6 is 0 Å². The van der Waals surface area contributed by atoms with Crippen LogP contribution in [0.4, 0.5) is 11.4 Å². The van der Waals surface area contributed by atoms with Crippen molar-refractivity contribution in [3.8, 4) is 0 Å². The molecule has 3 heterocycles. The lowest BCUT2D eigenvalue weighted by Crippen LogP contribution is -2.30. The Morgan fingerprint density at radius 1 is 0.339 bits per heavy atom. The van der Waals surface area contributed by atoms with Crippen molar-refractivity contribution >= 4 is 92.7 Å². The number of rotatable bonds is 33. The molecular formula is C84H144N4O26S. The fourth-order valence-corrected chi connectivity index (χ4v) is 8.67. The third-order valence-electron chi connectivity index (χ3n) is 20.1. The molecule has 3 aliphatic heterocycles. The summed E-state index contributed by atoms with van der Waals surface area (Å²) in [6.07, 6.45) is 4.78. The summed E-state index contributed by atoms with van der Waals surface area (Å²) in [7, 11) is 5.32. The number of imide groups is 3. The zero-order valence-electron chi connectivity index (χ0n) is 74.9. The smallest absolute Gasteiger partial charge is 0.311 e. The van der Waals surface area contributed by atoms with E-state index in [1.165, 1.54) is 50.5 Å². The van der Waals surface area contributed by atoms with E-state index in [2.05, 4.69) is 19.5 Å². The average Bonchev–Trinajstić information content (AvgIpc) is 1.65. The van der Waals surface area contributed by atoms with Crippen molar-refractivity contribution in [2.24, 2.45) is 73.1 Å². The predicted molar refractivity (Wildman–Crippen MR) is 439 cm³/mol. The van der Waals surface area contributed by atoms with Crippen LogP contribution in [-0.4, -0.2) is 202 Å². The second kappa shape index (κ2) is 57.4. The molecule has 0 spiro atoms. The Labute approximate surface area is 686 Å². The van der Waals surface area contributed by atoms with E-state index in [1.54, 1.807) is 75.0 Å². The quantitative estimate of drug-likeness (QED) is 0.0290. The Kier molecular flexibility index (Phi) is 56.8. The van der Waals surface area contributed by atoms with Crippen molar-refractivity contribution in [1.29, 1.82) is 0 Å². The molecule has 3 saturated heterocycles. The van der Waals surface area contributed by atoms with Gasteiger partial charge in [-0.2, -0.15) is 0 Å². The normalized spacial score (nSPS) is 17.2. The predicted octanol–water partition coefficient (Wildman–Crippen LogP) is 11.9. The van der Waals surface area contributed by atoms with Gasteiger partial charge in [-0.3, -0.25) is 72.7 Å². The standard InChI is InChI=1S/C12H14N2O4S.C12H13NO2.3C11H22O4.3C7H14O2.C6H9NO2/c1-7-8(2)12(16)14(11(7)15)9-3-5-10(6-4-9)19(13,17)18;1-8-9(2)12(15)13(11(8)14)10-6-4-3-5-7-10;3*1-5-11(2,3)10(12)15-9-8-14-7-6-13-4;3*1-5-7(2,3)6(8)9-4;1-3-4(2)6(9)7-5(3)8/h3-8H,1-2H3,(H2,13,17,18);3-9H,1-2H3;3*5-9H2,1-4H3;3*5H2,1-4H3;3-4H,1-2H3,(H,7,8,9). The number of benzene rings is 2. The maximum atomic E-state index is 12.0. The number of primary sulfonamides is 1. The minimum atomic E-state index is -3.78. The number of nitrogens with one attached hydrogen (secondary N) is 1. The number of nitrogens with two attached hydrogens (primary N) is 1. The van der Waals surface area contributed by atoms with Gasteiger partial charge in [-0.1, -0.05) is 101 Å². The molecule has 3 fully saturated rings. The van der Waals surface area contributed by atoms with E-state index >= 15 is 0 Å². The van der Waals surface area contributed by atoms with E-state index in [9.17, 15) is 66.0 Å². The lowest BCUT2D eigenvalue weighted by Gasteiger charge is -2.20. The largest absolute Gasteiger partial charge is 0.469 e. The summed E-state index contributed by atoms with van der Waals surface area (Å²) in [4.78, 5) is 138. The van der Waals surface area contributed by atoms with Gasteiger partial charge in [0, 0.05) is 56.8 Å². The van der Waals surface area contributed by atoms with E-state index in [0.717, 1.165) is 43.4 Å². The van der Waals surface area contributed by atoms with Gasteiger partial charge in [-0.15, -0.1) is 0 Å². The maximum absolute atomic E-state index is 12.0. The van der Waals surface area contributed by atoms with Crippen LogP contribution in [0.1, 0.15) is 205 Å². The number of sulfonamides is 1. The monoisotopic (exact) mass is 1660 g/mol. The van der Waals surface area contributed by atoms with E-state index in [4.69, 9.17) is 47.8 Å². The third kappa shape index (κ3) is 42.9. The first-order valence-electron chi connectivity index (χ1n) is 39.0. The summed E-state index contributed by atoms with van der Waals surface area (Å²) in [6, 6.07) is 14.4. The minimum Gasteiger partial charge on any atom is -0.469 e. The molecule has 0 radical (unpaired) electrons. The van der Waals surface area contributed by atoms with E-state index in [0.29, 0.717) is 90.7 Å². The van der Waals surface area contributed by atoms with Gasteiger partial charge >= 0.3 is 35.8 Å². The van der Waals surface area contributed by atoms with E-state index in [1.807, 2.05) is 143 Å². The molecule has 3 N–H and O–H groups in total. The van der Waals surface area contributed by atoms with Crippen LogP contribution in [0.3, 0.4) is 0 Å². The number of carbonyl (C=O) groups is 12. The Morgan fingerprint density at radius 2 is 0.557 bits per heavy atom. The van der Waals surface area contributed by atoms with Crippen molar-refractivity contribution in [2.45, 2.75) is 210 Å².